The van der Waals surface area contributed by atoms with E-state index in [-0.39, 0.29) is 5.54 Å². The van der Waals surface area contributed by atoms with E-state index in [4.69, 9.17) is 5.73 Å². The largest absolute Gasteiger partial charge is 0.370 e. The summed E-state index contributed by atoms with van der Waals surface area (Å²) in [5, 5.41) is 0.666. The molecule has 0 aromatic carbocycles. The monoisotopic (exact) mass is 213 g/mol. The minimum Gasteiger partial charge on any atom is -0.370 e. The van der Waals surface area contributed by atoms with Gasteiger partial charge in [-0.1, -0.05) is 13.8 Å². The van der Waals surface area contributed by atoms with Crippen LogP contribution in [0.25, 0.3) is 0 Å². The third kappa shape index (κ3) is 1.31. The Hall–Kier alpha value is -0.380. The van der Waals surface area contributed by atoms with Crippen LogP contribution >= 0.6 is 11.8 Å². The molecule has 0 saturated carbocycles. The van der Waals surface area contributed by atoms with Crippen LogP contribution in [0.3, 0.4) is 0 Å². The first-order valence-electron chi connectivity index (χ1n) is 5.40. The van der Waals surface area contributed by atoms with Crippen LogP contribution in [-0.2, 0) is 0 Å². The summed E-state index contributed by atoms with van der Waals surface area (Å²) < 4.78 is 0. The van der Waals surface area contributed by atoms with Crippen molar-refractivity contribution in [1.29, 1.82) is 0 Å². The van der Waals surface area contributed by atoms with Crippen molar-refractivity contribution in [2.45, 2.75) is 37.5 Å². The van der Waals surface area contributed by atoms with Crippen LogP contribution in [0.1, 0.15) is 26.7 Å². The smallest absolute Gasteiger partial charge is 0.191 e. The number of nitrogens with two attached hydrogens (primary N) is 1. The molecule has 2 aliphatic rings. The Morgan fingerprint density at radius 2 is 2.50 bits per heavy atom. The van der Waals surface area contributed by atoms with Gasteiger partial charge in [0.25, 0.3) is 0 Å². The lowest BCUT2D eigenvalue weighted by atomic mass is 9.91. The van der Waals surface area contributed by atoms with Crippen LogP contribution in [0.4, 0.5) is 0 Å². The van der Waals surface area contributed by atoms with Crippen molar-refractivity contribution >= 4 is 17.7 Å². The van der Waals surface area contributed by atoms with E-state index in [2.05, 4.69) is 35.5 Å². The van der Waals surface area contributed by atoms with Crippen LogP contribution in [-0.4, -0.2) is 40.5 Å². The van der Waals surface area contributed by atoms with Gasteiger partial charge in [0.05, 0.1) is 12.1 Å². The molecule has 2 N–H and O–H groups in total. The lowest BCUT2D eigenvalue weighted by Crippen LogP contribution is -2.55. The van der Waals surface area contributed by atoms with Crippen molar-refractivity contribution in [2.24, 2.45) is 10.7 Å². The molecule has 3 nitrogen and oxygen atoms in total. The van der Waals surface area contributed by atoms with Crippen LogP contribution in [0.15, 0.2) is 4.99 Å². The third-order valence-corrected chi connectivity index (χ3v) is 4.81. The zero-order valence-electron chi connectivity index (χ0n) is 8.99. The van der Waals surface area contributed by atoms with E-state index in [1.165, 1.54) is 12.2 Å². The number of thioether (sulfide) groups is 1. The number of rotatable bonds is 2. The molecule has 2 unspecified atom stereocenters. The molecule has 1 saturated heterocycles. The molecule has 4 heteroatoms. The first-order chi connectivity index (χ1) is 6.70. The highest BCUT2D eigenvalue weighted by Crippen LogP contribution is 2.42. The van der Waals surface area contributed by atoms with Crippen molar-refractivity contribution in [3.05, 3.63) is 0 Å². The normalized spacial score (nSPS) is 36.9. The van der Waals surface area contributed by atoms with Gasteiger partial charge in [0.15, 0.2) is 5.96 Å². The van der Waals surface area contributed by atoms with Crippen molar-refractivity contribution in [3.63, 3.8) is 0 Å². The van der Waals surface area contributed by atoms with Crippen molar-refractivity contribution in [2.75, 3.05) is 18.8 Å². The van der Waals surface area contributed by atoms with E-state index in [0.29, 0.717) is 5.25 Å². The van der Waals surface area contributed by atoms with Gasteiger partial charge in [-0.3, -0.25) is 4.99 Å². The first-order valence-corrected chi connectivity index (χ1v) is 6.45. The Bertz CT molecular complexity index is 254. The quantitative estimate of drug-likeness (QED) is 0.751. The maximum absolute atomic E-state index is 5.95. The lowest BCUT2D eigenvalue weighted by molar-refractivity contribution is 0.203. The maximum atomic E-state index is 5.95. The van der Waals surface area contributed by atoms with Crippen molar-refractivity contribution in [3.8, 4) is 0 Å². The SMILES string of the molecule is CCCN1C(N)=NCC12CCSC2C. The molecule has 2 atom stereocenters. The average molecular weight is 213 g/mol. The van der Waals surface area contributed by atoms with E-state index >= 15 is 0 Å². The second-order valence-electron chi connectivity index (χ2n) is 4.19. The third-order valence-electron chi connectivity index (χ3n) is 3.44. The molecule has 0 aromatic heterocycles. The fourth-order valence-corrected chi connectivity index (χ4v) is 3.97. The zero-order chi connectivity index (χ0) is 10.2. The highest BCUT2D eigenvalue weighted by atomic mass is 32.2. The molecule has 0 radical (unpaired) electrons. The van der Waals surface area contributed by atoms with Gasteiger partial charge in [-0.2, -0.15) is 11.8 Å². The van der Waals surface area contributed by atoms with Crippen LogP contribution in [0, 0.1) is 0 Å². The number of hydrogen-bond acceptors (Lipinski definition) is 4. The molecule has 0 aromatic rings. The van der Waals surface area contributed by atoms with Crippen LogP contribution in [0.5, 0.6) is 0 Å². The fourth-order valence-electron chi connectivity index (χ4n) is 2.51. The van der Waals surface area contributed by atoms with Crippen molar-refractivity contribution < 1.29 is 0 Å². The number of nitrogens with zero attached hydrogens (tertiary/aromatic N) is 2. The second kappa shape index (κ2) is 3.65. The van der Waals surface area contributed by atoms with Gasteiger partial charge in [0.1, 0.15) is 0 Å². The Morgan fingerprint density at radius 3 is 3.07 bits per heavy atom. The van der Waals surface area contributed by atoms with E-state index in [1.807, 2.05) is 0 Å². The van der Waals surface area contributed by atoms with Crippen LogP contribution in [0.2, 0.25) is 0 Å². The number of aliphatic imine (C=N–C) groups is 1. The van der Waals surface area contributed by atoms with Crippen LogP contribution < -0.4 is 5.73 Å². The average Bonchev–Trinajstić information content (AvgIpc) is 2.67. The molecule has 2 rings (SSSR count). The standard InChI is InChI=1S/C10H19N3S/c1-3-5-13-9(11)12-7-10(13)4-6-14-8(10)2/h8H,3-7H2,1-2H3,(H2,11,12). The molecule has 2 heterocycles. The molecule has 1 spiro atoms. The Balaban J connectivity index is 2.19. The summed E-state index contributed by atoms with van der Waals surface area (Å²) >= 11 is 2.05. The Morgan fingerprint density at radius 1 is 1.71 bits per heavy atom. The number of guanidine groups is 1. The summed E-state index contributed by atoms with van der Waals surface area (Å²) in [5.74, 6) is 2.02. The summed E-state index contributed by atoms with van der Waals surface area (Å²) in [6.07, 6.45) is 2.39. The summed E-state index contributed by atoms with van der Waals surface area (Å²) in [6, 6.07) is 0. The molecule has 0 aliphatic carbocycles. The van der Waals surface area contributed by atoms with Gasteiger partial charge >= 0.3 is 0 Å². The minimum atomic E-state index is 0.255. The minimum absolute atomic E-state index is 0.255. The summed E-state index contributed by atoms with van der Waals surface area (Å²) in [6.45, 7) is 6.48. The van der Waals surface area contributed by atoms with Gasteiger partial charge < -0.3 is 10.6 Å². The topological polar surface area (TPSA) is 41.6 Å². The lowest BCUT2D eigenvalue weighted by Gasteiger charge is -2.38. The molecule has 2 aliphatic heterocycles. The van der Waals surface area contributed by atoms with E-state index in [1.54, 1.807) is 0 Å². The van der Waals surface area contributed by atoms with Gasteiger partial charge in [-0.15, -0.1) is 0 Å². The van der Waals surface area contributed by atoms with Gasteiger partial charge in [0.2, 0.25) is 0 Å². The Labute approximate surface area is 90.1 Å². The van der Waals surface area contributed by atoms with Gasteiger partial charge in [0, 0.05) is 11.8 Å². The number of hydrogen-bond donors (Lipinski definition) is 1. The zero-order valence-corrected chi connectivity index (χ0v) is 9.81. The van der Waals surface area contributed by atoms with Gasteiger partial charge in [-0.25, -0.2) is 0 Å². The summed E-state index contributed by atoms with van der Waals surface area (Å²) in [7, 11) is 0. The fraction of sp³-hybridized carbons (Fsp3) is 0.900. The molecular weight excluding hydrogens is 194 g/mol. The van der Waals surface area contributed by atoms with E-state index in [0.717, 1.165) is 25.5 Å². The maximum Gasteiger partial charge on any atom is 0.191 e. The second-order valence-corrected chi connectivity index (χ2v) is 5.64. The first kappa shape index (κ1) is 10.1. The van der Waals surface area contributed by atoms with E-state index in [9.17, 15) is 0 Å². The summed E-state index contributed by atoms with van der Waals surface area (Å²) in [4.78, 5) is 6.77. The predicted molar refractivity (Wildman–Crippen MR) is 62.8 cm³/mol. The highest BCUT2D eigenvalue weighted by Gasteiger charge is 2.49. The molecule has 0 amide bonds. The van der Waals surface area contributed by atoms with E-state index < -0.39 is 0 Å². The van der Waals surface area contributed by atoms with Gasteiger partial charge in [-0.05, 0) is 18.6 Å². The molecule has 80 valence electrons. The molecule has 1 fully saturated rings. The molecule has 14 heavy (non-hydrogen) atoms. The molecule has 0 bridgehead atoms. The molecular formula is C10H19N3S. The predicted octanol–water partition coefficient (Wildman–Crippen LogP) is 1.29. The van der Waals surface area contributed by atoms with Crippen molar-refractivity contribution in [1.82, 2.24) is 4.90 Å². The Kier molecular flexibility index (Phi) is 2.64. The summed E-state index contributed by atoms with van der Waals surface area (Å²) in [5.41, 5.74) is 6.20. The highest BCUT2D eigenvalue weighted by molar-refractivity contribution is 8.00.